The first-order valence-electron chi connectivity index (χ1n) is 8.64. The summed E-state index contributed by atoms with van der Waals surface area (Å²) in [6.45, 7) is 1.06. The Morgan fingerprint density at radius 2 is 1.91 bits per heavy atom. The van der Waals surface area contributed by atoms with Gasteiger partial charge in [0.25, 0.3) is 0 Å². The molecule has 0 saturated carbocycles. The van der Waals surface area contributed by atoms with Gasteiger partial charge < -0.3 is 9.47 Å². The van der Waals surface area contributed by atoms with Crippen molar-refractivity contribution in [1.82, 2.24) is 0 Å². The highest BCUT2D eigenvalue weighted by molar-refractivity contribution is 5.97. The van der Waals surface area contributed by atoms with Gasteiger partial charge in [-0.25, -0.2) is 0 Å². The Morgan fingerprint density at radius 1 is 1.09 bits per heavy atom. The summed E-state index contributed by atoms with van der Waals surface area (Å²) in [5.41, 5.74) is 3.38. The minimum Gasteiger partial charge on any atom is -0.463 e. The van der Waals surface area contributed by atoms with Crippen molar-refractivity contribution in [2.24, 2.45) is 0 Å². The monoisotopic (exact) mass is 316 g/mol. The van der Waals surface area contributed by atoms with Gasteiger partial charge in [0.1, 0.15) is 6.61 Å². The molecule has 0 radical (unpaired) electrons. The zero-order chi connectivity index (χ0) is 16.1. The van der Waals surface area contributed by atoms with E-state index in [4.69, 9.17) is 9.47 Å². The summed E-state index contributed by atoms with van der Waals surface area (Å²) in [5, 5.41) is 0. The molecule has 4 nitrogen and oxygen atoms in total. The number of Topliss-reactive ketones (excluding diaryl/α,β-unsaturated/α-hetero) is 1. The Kier molecular flexibility index (Phi) is 5.44. The van der Waals surface area contributed by atoms with Gasteiger partial charge in [0, 0.05) is 18.6 Å². The molecule has 0 spiro atoms. The second-order valence-electron chi connectivity index (χ2n) is 6.43. The Balaban J connectivity index is 1.46. The van der Waals surface area contributed by atoms with E-state index >= 15 is 0 Å². The van der Waals surface area contributed by atoms with E-state index in [1.54, 1.807) is 0 Å². The molecule has 1 aliphatic carbocycles. The Bertz CT molecular complexity index is 573. The van der Waals surface area contributed by atoms with Crippen molar-refractivity contribution in [3.05, 3.63) is 34.9 Å². The van der Waals surface area contributed by atoms with Crippen LogP contribution in [0, 0.1) is 0 Å². The minimum absolute atomic E-state index is 0.0208. The zero-order valence-electron chi connectivity index (χ0n) is 13.5. The van der Waals surface area contributed by atoms with E-state index in [0.717, 1.165) is 37.9 Å². The number of hydrogen-bond acceptors (Lipinski definition) is 4. The van der Waals surface area contributed by atoms with E-state index in [-0.39, 0.29) is 30.7 Å². The number of benzene rings is 1. The highest BCUT2D eigenvalue weighted by atomic mass is 16.6. The predicted molar refractivity (Wildman–Crippen MR) is 86.6 cm³/mol. The molecule has 1 heterocycles. The Hall–Kier alpha value is -1.68. The lowest BCUT2D eigenvalue weighted by molar-refractivity contribution is -0.146. The molecule has 1 atom stereocenters. The van der Waals surface area contributed by atoms with Crippen molar-refractivity contribution >= 4 is 11.8 Å². The summed E-state index contributed by atoms with van der Waals surface area (Å²) in [6, 6.07) is 5.97. The maximum absolute atomic E-state index is 12.3. The largest absolute Gasteiger partial charge is 0.463 e. The minimum atomic E-state index is -0.313. The Labute approximate surface area is 137 Å². The predicted octanol–water partition coefficient (Wildman–Crippen LogP) is 3.25. The van der Waals surface area contributed by atoms with Crippen LogP contribution in [-0.2, 0) is 27.1 Å². The van der Waals surface area contributed by atoms with Crippen LogP contribution in [0.5, 0.6) is 0 Å². The van der Waals surface area contributed by atoms with Crippen LogP contribution in [0.4, 0.5) is 0 Å². The maximum Gasteiger partial charge on any atom is 0.306 e. The molecule has 1 fully saturated rings. The van der Waals surface area contributed by atoms with Crippen molar-refractivity contribution in [3.63, 3.8) is 0 Å². The van der Waals surface area contributed by atoms with E-state index < -0.39 is 0 Å². The number of carbonyl (C=O) groups is 2. The van der Waals surface area contributed by atoms with Crippen LogP contribution in [-0.4, -0.2) is 31.1 Å². The third-order valence-corrected chi connectivity index (χ3v) is 4.68. The topological polar surface area (TPSA) is 52.6 Å². The number of hydrogen-bond donors (Lipinski definition) is 0. The van der Waals surface area contributed by atoms with E-state index in [9.17, 15) is 9.59 Å². The first-order valence-corrected chi connectivity index (χ1v) is 8.64. The highest BCUT2D eigenvalue weighted by Gasteiger charge is 2.18. The van der Waals surface area contributed by atoms with Gasteiger partial charge in [-0.1, -0.05) is 12.1 Å². The fraction of sp³-hybridized carbons (Fsp3) is 0.579. The lowest BCUT2D eigenvalue weighted by atomic mass is 9.89. The van der Waals surface area contributed by atoms with Gasteiger partial charge in [-0.3, -0.25) is 9.59 Å². The lowest BCUT2D eigenvalue weighted by Gasteiger charge is -2.16. The van der Waals surface area contributed by atoms with Crippen LogP contribution < -0.4 is 0 Å². The smallest absolute Gasteiger partial charge is 0.306 e. The average Bonchev–Trinajstić information content (AvgIpc) is 3.11. The van der Waals surface area contributed by atoms with Gasteiger partial charge in [-0.2, -0.15) is 0 Å². The number of ether oxygens (including phenoxy) is 2. The third-order valence-electron chi connectivity index (χ3n) is 4.68. The van der Waals surface area contributed by atoms with Crippen LogP contribution >= 0.6 is 0 Å². The summed E-state index contributed by atoms with van der Waals surface area (Å²) in [4.78, 5) is 24.0. The van der Waals surface area contributed by atoms with Crippen LogP contribution in [0.1, 0.15) is 60.0 Å². The number of fused-ring (bicyclic) bond motifs is 1. The standard InChI is InChI=1S/C19H24O4/c20-18(9-10-19(21)23-13-17-6-3-11-22-17)16-8-7-14-4-1-2-5-15(14)12-16/h7-8,12,17H,1-6,9-11,13H2. The van der Waals surface area contributed by atoms with E-state index in [1.807, 2.05) is 12.1 Å². The van der Waals surface area contributed by atoms with Gasteiger partial charge in [-0.05, 0) is 55.7 Å². The van der Waals surface area contributed by atoms with Crippen molar-refractivity contribution in [3.8, 4) is 0 Å². The second kappa shape index (κ2) is 7.73. The fourth-order valence-corrected chi connectivity index (χ4v) is 3.30. The van der Waals surface area contributed by atoms with Crippen molar-refractivity contribution in [1.29, 1.82) is 0 Å². The van der Waals surface area contributed by atoms with Gasteiger partial charge in [-0.15, -0.1) is 0 Å². The first-order chi connectivity index (χ1) is 11.2. The molecular weight excluding hydrogens is 292 g/mol. The molecule has 1 unspecified atom stereocenters. The van der Waals surface area contributed by atoms with Crippen LogP contribution in [0.2, 0.25) is 0 Å². The number of ketones is 1. The molecule has 0 bridgehead atoms. The molecule has 0 N–H and O–H groups in total. The second-order valence-corrected chi connectivity index (χ2v) is 6.43. The number of rotatable bonds is 6. The van der Waals surface area contributed by atoms with E-state index in [0.29, 0.717) is 6.61 Å². The molecule has 3 rings (SSSR count). The number of aryl methyl sites for hydroxylation is 2. The molecular formula is C19H24O4. The first kappa shape index (κ1) is 16.2. The molecule has 2 aliphatic rings. The molecule has 1 aromatic rings. The third kappa shape index (κ3) is 4.41. The van der Waals surface area contributed by atoms with Gasteiger partial charge in [0.2, 0.25) is 0 Å². The normalized spacial score (nSPS) is 20.1. The molecule has 0 amide bonds. The van der Waals surface area contributed by atoms with Crippen LogP contribution in [0.25, 0.3) is 0 Å². The van der Waals surface area contributed by atoms with Crippen LogP contribution in [0.15, 0.2) is 18.2 Å². The summed E-state index contributed by atoms with van der Waals surface area (Å²) in [5.74, 6) is -0.292. The molecule has 1 aromatic carbocycles. The summed E-state index contributed by atoms with van der Waals surface area (Å²) in [6.07, 6.45) is 6.96. The van der Waals surface area contributed by atoms with Crippen molar-refractivity contribution in [2.75, 3.05) is 13.2 Å². The van der Waals surface area contributed by atoms with Crippen LogP contribution in [0.3, 0.4) is 0 Å². The molecule has 4 heteroatoms. The molecule has 1 aliphatic heterocycles. The summed E-state index contributed by atoms with van der Waals surface area (Å²) >= 11 is 0. The lowest BCUT2D eigenvalue weighted by Crippen LogP contribution is -2.18. The maximum atomic E-state index is 12.3. The molecule has 1 saturated heterocycles. The molecule has 23 heavy (non-hydrogen) atoms. The molecule has 124 valence electrons. The average molecular weight is 316 g/mol. The molecule has 0 aromatic heterocycles. The van der Waals surface area contributed by atoms with Crippen molar-refractivity contribution in [2.45, 2.75) is 57.5 Å². The van der Waals surface area contributed by atoms with Crippen molar-refractivity contribution < 1.29 is 19.1 Å². The quantitative estimate of drug-likeness (QED) is 0.597. The van der Waals surface area contributed by atoms with Gasteiger partial charge >= 0.3 is 5.97 Å². The Morgan fingerprint density at radius 3 is 2.70 bits per heavy atom. The summed E-state index contributed by atoms with van der Waals surface area (Å²) in [7, 11) is 0. The van der Waals surface area contributed by atoms with E-state index in [2.05, 4.69) is 6.07 Å². The SMILES string of the molecule is O=C(CCC(=O)c1ccc2c(c1)CCCC2)OCC1CCCO1. The van der Waals surface area contributed by atoms with Gasteiger partial charge in [0.05, 0.1) is 12.5 Å². The fourth-order valence-electron chi connectivity index (χ4n) is 3.30. The summed E-state index contributed by atoms with van der Waals surface area (Å²) < 4.78 is 10.6. The highest BCUT2D eigenvalue weighted by Crippen LogP contribution is 2.23. The number of carbonyl (C=O) groups excluding carboxylic acids is 2. The van der Waals surface area contributed by atoms with E-state index in [1.165, 1.54) is 24.0 Å². The zero-order valence-corrected chi connectivity index (χ0v) is 13.5. The van der Waals surface area contributed by atoms with Gasteiger partial charge in [0.15, 0.2) is 5.78 Å². The number of esters is 1.